The van der Waals surface area contributed by atoms with Gasteiger partial charge in [-0.2, -0.15) is 0 Å². The second kappa shape index (κ2) is 5.51. The Balaban J connectivity index is 2.08. The maximum atomic E-state index is 13.2. The van der Waals surface area contributed by atoms with Crippen LogP contribution >= 0.6 is 22.6 Å². The first-order chi connectivity index (χ1) is 9.69. The van der Waals surface area contributed by atoms with Crippen LogP contribution in [-0.4, -0.2) is 0 Å². The summed E-state index contributed by atoms with van der Waals surface area (Å²) >= 11 is 2.09. The molecule has 0 bridgehead atoms. The van der Waals surface area contributed by atoms with E-state index in [9.17, 15) is 4.39 Å². The molecule has 2 aromatic carbocycles. The molecule has 3 rings (SSSR count). The van der Waals surface area contributed by atoms with E-state index in [0.29, 0.717) is 5.76 Å². The molecule has 1 aromatic heterocycles. The SMILES string of the molecule is NNC(c1cc2ccccc2o1)c1ccc(F)cc1I. The van der Waals surface area contributed by atoms with Crippen LogP contribution in [0.4, 0.5) is 4.39 Å². The molecule has 0 aliphatic rings. The van der Waals surface area contributed by atoms with Crippen LogP contribution in [-0.2, 0) is 0 Å². The first-order valence-corrected chi connectivity index (χ1v) is 7.16. The Morgan fingerprint density at radius 2 is 1.95 bits per heavy atom. The van der Waals surface area contributed by atoms with E-state index in [1.54, 1.807) is 6.07 Å². The highest BCUT2D eigenvalue weighted by atomic mass is 127. The Labute approximate surface area is 129 Å². The van der Waals surface area contributed by atoms with Crippen molar-refractivity contribution in [2.24, 2.45) is 5.84 Å². The number of benzene rings is 2. The molecule has 1 heterocycles. The Kier molecular flexibility index (Phi) is 3.73. The lowest BCUT2D eigenvalue weighted by molar-refractivity contribution is 0.475. The quantitative estimate of drug-likeness (QED) is 0.412. The third-order valence-corrected chi connectivity index (χ3v) is 4.10. The van der Waals surface area contributed by atoms with E-state index in [1.165, 1.54) is 12.1 Å². The van der Waals surface area contributed by atoms with Crippen LogP contribution in [0.3, 0.4) is 0 Å². The summed E-state index contributed by atoms with van der Waals surface area (Å²) in [6.07, 6.45) is 0. The normalized spacial score (nSPS) is 12.8. The molecule has 0 saturated carbocycles. The largest absolute Gasteiger partial charge is 0.459 e. The summed E-state index contributed by atoms with van der Waals surface area (Å²) in [7, 11) is 0. The van der Waals surface area contributed by atoms with E-state index in [4.69, 9.17) is 10.3 Å². The number of para-hydroxylation sites is 1. The van der Waals surface area contributed by atoms with Crippen molar-refractivity contribution in [3.8, 4) is 0 Å². The van der Waals surface area contributed by atoms with Crippen molar-refractivity contribution in [1.82, 2.24) is 5.43 Å². The van der Waals surface area contributed by atoms with Gasteiger partial charge < -0.3 is 4.42 Å². The van der Waals surface area contributed by atoms with E-state index in [0.717, 1.165) is 20.1 Å². The van der Waals surface area contributed by atoms with Crippen molar-refractivity contribution in [3.05, 3.63) is 69.2 Å². The molecular formula is C15H12FIN2O. The molecule has 20 heavy (non-hydrogen) atoms. The summed E-state index contributed by atoms with van der Waals surface area (Å²) < 4.78 is 19.8. The fraction of sp³-hybridized carbons (Fsp3) is 0.0667. The topological polar surface area (TPSA) is 51.2 Å². The molecule has 5 heteroatoms. The van der Waals surface area contributed by atoms with Crippen LogP contribution in [0.5, 0.6) is 0 Å². The Morgan fingerprint density at radius 3 is 2.65 bits per heavy atom. The fourth-order valence-electron chi connectivity index (χ4n) is 2.21. The number of nitrogens with one attached hydrogen (secondary N) is 1. The van der Waals surface area contributed by atoms with Gasteiger partial charge in [0, 0.05) is 8.96 Å². The molecule has 0 saturated heterocycles. The summed E-state index contributed by atoms with van der Waals surface area (Å²) in [5, 5.41) is 1.01. The number of halogens is 2. The van der Waals surface area contributed by atoms with E-state index < -0.39 is 0 Å². The molecule has 3 aromatic rings. The lowest BCUT2D eigenvalue weighted by Gasteiger charge is -2.15. The minimum atomic E-state index is -0.310. The third kappa shape index (κ3) is 2.44. The summed E-state index contributed by atoms with van der Waals surface area (Å²) in [6.45, 7) is 0. The molecule has 102 valence electrons. The molecule has 1 unspecified atom stereocenters. The molecule has 0 aliphatic heterocycles. The second-order valence-electron chi connectivity index (χ2n) is 4.45. The molecular weight excluding hydrogens is 370 g/mol. The second-order valence-corrected chi connectivity index (χ2v) is 5.61. The van der Waals surface area contributed by atoms with Gasteiger partial charge in [-0.1, -0.05) is 24.3 Å². The van der Waals surface area contributed by atoms with Gasteiger partial charge in [0.2, 0.25) is 0 Å². The number of nitrogens with two attached hydrogens (primary N) is 1. The monoisotopic (exact) mass is 382 g/mol. The number of hydrogen-bond donors (Lipinski definition) is 2. The molecule has 1 atom stereocenters. The Hall–Kier alpha value is -1.44. The number of hydrazine groups is 1. The standard InChI is InChI=1S/C15H12FIN2O/c16-10-5-6-11(12(17)8-10)15(19-18)14-7-9-3-1-2-4-13(9)20-14/h1-8,15,19H,18H2. The number of rotatable bonds is 3. The van der Waals surface area contributed by atoms with Crippen LogP contribution < -0.4 is 11.3 Å². The van der Waals surface area contributed by atoms with Gasteiger partial charge in [0.1, 0.15) is 23.2 Å². The zero-order chi connectivity index (χ0) is 14.1. The number of fused-ring (bicyclic) bond motifs is 1. The van der Waals surface area contributed by atoms with E-state index >= 15 is 0 Å². The van der Waals surface area contributed by atoms with Crippen molar-refractivity contribution in [1.29, 1.82) is 0 Å². The van der Waals surface area contributed by atoms with E-state index in [-0.39, 0.29) is 11.9 Å². The first-order valence-electron chi connectivity index (χ1n) is 6.08. The molecule has 0 radical (unpaired) electrons. The predicted molar refractivity (Wildman–Crippen MR) is 84.5 cm³/mol. The molecule has 0 aliphatic carbocycles. The van der Waals surface area contributed by atoms with Crippen molar-refractivity contribution in [2.45, 2.75) is 6.04 Å². The summed E-state index contributed by atoms with van der Waals surface area (Å²) in [4.78, 5) is 0. The lowest BCUT2D eigenvalue weighted by Crippen LogP contribution is -2.29. The fourth-order valence-corrected chi connectivity index (χ4v) is 2.99. The van der Waals surface area contributed by atoms with Gasteiger partial charge in [-0.15, -0.1) is 0 Å². The molecule has 3 N–H and O–H groups in total. The third-order valence-electron chi connectivity index (χ3n) is 3.17. The van der Waals surface area contributed by atoms with E-state index in [1.807, 2.05) is 30.3 Å². The molecule has 0 spiro atoms. The minimum absolute atomic E-state index is 0.265. The first kappa shape index (κ1) is 13.5. The highest BCUT2D eigenvalue weighted by molar-refractivity contribution is 14.1. The highest BCUT2D eigenvalue weighted by Crippen LogP contribution is 2.30. The van der Waals surface area contributed by atoms with Gasteiger partial charge in [-0.05, 0) is 52.4 Å². The van der Waals surface area contributed by atoms with Gasteiger partial charge in [0.15, 0.2) is 0 Å². The summed E-state index contributed by atoms with van der Waals surface area (Å²) in [5.74, 6) is 6.10. The smallest absolute Gasteiger partial charge is 0.134 e. The van der Waals surface area contributed by atoms with Crippen LogP contribution in [0.25, 0.3) is 11.0 Å². The minimum Gasteiger partial charge on any atom is -0.459 e. The zero-order valence-corrected chi connectivity index (χ0v) is 12.6. The average Bonchev–Trinajstić information content (AvgIpc) is 2.85. The van der Waals surface area contributed by atoms with Crippen LogP contribution in [0, 0.1) is 9.39 Å². The van der Waals surface area contributed by atoms with Gasteiger partial charge in [-0.25, -0.2) is 9.82 Å². The van der Waals surface area contributed by atoms with Gasteiger partial charge in [-0.3, -0.25) is 5.84 Å². The van der Waals surface area contributed by atoms with Crippen molar-refractivity contribution in [2.75, 3.05) is 0 Å². The number of hydrogen-bond acceptors (Lipinski definition) is 3. The van der Waals surface area contributed by atoms with Gasteiger partial charge >= 0.3 is 0 Å². The van der Waals surface area contributed by atoms with Crippen LogP contribution in [0.1, 0.15) is 17.4 Å². The maximum Gasteiger partial charge on any atom is 0.134 e. The van der Waals surface area contributed by atoms with Crippen LogP contribution in [0.15, 0.2) is 52.9 Å². The molecule has 0 fully saturated rings. The predicted octanol–water partition coefficient (Wildman–Crippen LogP) is 3.73. The Morgan fingerprint density at radius 1 is 1.15 bits per heavy atom. The maximum absolute atomic E-state index is 13.2. The zero-order valence-electron chi connectivity index (χ0n) is 10.4. The van der Waals surface area contributed by atoms with Crippen molar-refractivity contribution < 1.29 is 8.81 Å². The number of furan rings is 1. The Bertz CT molecular complexity index is 723. The van der Waals surface area contributed by atoms with Crippen molar-refractivity contribution in [3.63, 3.8) is 0 Å². The van der Waals surface area contributed by atoms with E-state index in [2.05, 4.69) is 28.0 Å². The average molecular weight is 382 g/mol. The summed E-state index contributed by atoms with van der Waals surface area (Å²) in [5.41, 5.74) is 4.42. The van der Waals surface area contributed by atoms with Crippen molar-refractivity contribution >= 4 is 33.6 Å². The van der Waals surface area contributed by atoms with Gasteiger partial charge in [0.25, 0.3) is 0 Å². The lowest BCUT2D eigenvalue weighted by atomic mass is 10.0. The highest BCUT2D eigenvalue weighted by Gasteiger charge is 2.19. The molecule has 3 nitrogen and oxygen atoms in total. The van der Waals surface area contributed by atoms with Crippen LogP contribution in [0.2, 0.25) is 0 Å². The molecule has 0 amide bonds. The summed E-state index contributed by atoms with van der Waals surface area (Å²) in [6, 6.07) is 14.0. The van der Waals surface area contributed by atoms with Gasteiger partial charge in [0.05, 0.1) is 0 Å².